The van der Waals surface area contributed by atoms with E-state index < -0.39 is 15.8 Å². The van der Waals surface area contributed by atoms with E-state index in [9.17, 15) is 12.8 Å². The summed E-state index contributed by atoms with van der Waals surface area (Å²) in [6.45, 7) is 1.22. The molecule has 6 nitrogen and oxygen atoms in total. The lowest BCUT2D eigenvalue weighted by Gasteiger charge is -2.21. The molecule has 0 aromatic heterocycles. The smallest absolute Gasteiger partial charge is 0.243 e. The second kappa shape index (κ2) is 7.02. The molecular weight excluding hydrogens is 295 g/mol. The Morgan fingerprint density at radius 2 is 1.76 bits per heavy atom. The zero-order chi connectivity index (χ0) is 16.0. The van der Waals surface area contributed by atoms with E-state index >= 15 is 0 Å². The van der Waals surface area contributed by atoms with Crippen LogP contribution < -0.4 is 5.73 Å². The predicted octanol–water partition coefficient (Wildman–Crippen LogP) is 1.53. The Labute approximate surface area is 123 Å². The van der Waals surface area contributed by atoms with Crippen molar-refractivity contribution < 1.29 is 12.8 Å². The van der Waals surface area contributed by atoms with Crippen LogP contribution in [0.2, 0.25) is 0 Å². The molecule has 1 aromatic carbocycles. The molecule has 0 heterocycles. The highest BCUT2D eigenvalue weighted by atomic mass is 32.2. The number of sulfonamides is 1. The minimum absolute atomic E-state index is 0.00260. The first kappa shape index (κ1) is 16.9. The van der Waals surface area contributed by atoms with Crippen molar-refractivity contribution in [3.63, 3.8) is 0 Å². The third-order valence-electron chi connectivity index (χ3n) is 2.88. The predicted molar refractivity (Wildman–Crippen MR) is 74.8 cm³/mol. The van der Waals surface area contributed by atoms with Crippen LogP contribution in [0, 0.1) is 35.4 Å². The normalized spacial score (nSPS) is 11.1. The van der Waals surface area contributed by atoms with Crippen molar-refractivity contribution in [3.05, 3.63) is 23.5 Å². The second-order valence-electron chi connectivity index (χ2n) is 4.35. The highest BCUT2D eigenvalue weighted by Crippen LogP contribution is 2.25. The molecule has 112 valence electrons. The zero-order valence-electron chi connectivity index (χ0n) is 11.5. The topological polar surface area (TPSA) is 111 Å². The van der Waals surface area contributed by atoms with Crippen molar-refractivity contribution in [3.8, 4) is 12.1 Å². The van der Waals surface area contributed by atoms with Gasteiger partial charge in [0.2, 0.25) is 10.0 Å². The molecule has 0 radical (unpaired) electrons. The second-order valence-corrected chi connectivity index (χ2v) is 6.25. The number of rotatable bonds is 6. The quantitative estimate of drug-likeness (QED) is 0.801. The minimum atomic E-state index is -4.01. The van der Waals surface area contributed by atoms with Crippen LogP contribution in [0.5, 0.6) is 0 Å². The molecule has 0 aliphatic carbocycles. The third-order valence-corrected chi connectivity index (χ3v) is 4.91. The number of nitrogens with two attached hydrogens (primary N) is 1. The number of halogens is 1. The number of nitrogens with zero attached hydrogens (tertiary/aromatic N) is 3. The number of anilines is 1. The minimum Gasteiger partial charge on any atom is -0.399 e. The van der Waals surface area contributed by atoms with E-state index in [0.29, 0.717) is 0 Å². The van der Waals surface area contributed by atoms with Crippen LogP contribution in [0.25, 0.3) is 0 Å². The van der Waals surface area contributed by atoms with Gasteiger partial charge in [-0.1, -0.05) is 0 Å². The van der Waals surface area contributed by atoms with Crippen molar-refractivity contribution in [2.75, 3.05) is 18.8 Å². The Hall–Kier alpha value is -2.16. The average Bonchev–Trinajstić information content (AvgIpc) is 2.42. The Morgan fingerprint density at radius 1 is 1.24 bits per heavy atom. The van der Waals surface area contributed by atoms with E-state index in [1.165, 1.54) is 13.0 Å². The summed E-state index contributed by atoms with van der Waals surface area (Å²) in [6.07, 6.45) is -0.0387. The molecule has 1 aromatic rings. The molecule has 0 saturated heterocycles. The fourth-order valence-electron chi connectivity index (χ4n) is 1.78. The monoisotopic (exact) mass is 310 g/mol. The molecule has 0 bridgehead atoms. The van der Waals surface area contributed by atoms with E-state index in [4.69, 9.17) is 16.3 Å². The van der Waals surface area contributed by atoms with E-state index in [2.05, 4.69) is 0 Å². The summed E-state index contributed by atoms with van der Waals surface area (Å²) in [6, 6.07) is 5.92. The van der Waals surface area contributed by atoms with Crippen LogP contribution in [0.3, 0.4) is 0 Å². The van der Waals surface area contributed by atoms with Gasteiger partial charge in [-0.05, 0) is 19.1 Å². The summed E-state index contributed by atoms with van der Waals surface area (Å²) in [7, 11) is -4.01. The maximum atomic E-state index is 13.7. The Kier molecular flexibility index (Phi) is 5.65. The standard InChI is InChI=1S/C13H15FN4O2S/c1-10-12(14)8-11(17)9-13(10)21(19,20)18(6-2-4-15)7-3-5-16/h8-9H,2-3,6-7,17H2,1H3. The van der Waals surface area contributed by atoms with Crippen LogP contribution >= 0.6 is 0 Å². The van der Waals surface area contributed by atoms with Crippen molar-refractivity contribution in [1.82, 2.24) is 4.31 Å². The van der Waals surface area contributed by atoms with Crippen LogP contribution in [0.4, 0.5) is 10.1 Å². The number of hydrogen-bond donors (Lipinski definition) is 1. The fourth-order valence-corrected chi connectivity index (χ4v) is 3.49. The molecule has 0 saturated carbocycles. The number of nitriles is 2. The molecule has 21 heavy (non-hydrogen) atoms. The molecule has 2 N–H and O–H groups in total. The molecule has 0 unspecified atom stereocenters. The van der Waals surface area contributed by atoms with Crippen LogP contribution in [-0.2, 0) is 10.0 Å². The van der Waals surface area contributed by atoms with Crippen LogP contribution in [0.1, 0.15) is 18.4 Å². The summed E-state index contributed by atoms with van der Waals surface area (Å²) in [5, 5.41) is 17.2. The zero-order valence-corrected chi connectivity index (χ0v) is 12.3. The Balaban J connectivity index is 3.29. The van der Waals surface area contributed by atoms with Gasteiger partial charge in [-0.15, -0.1) is 0 Å². The maximum absolute atomic E-state index is 13.7. The molecule has 0 aliphatic rings. The Bertz CT molecular complexity index is 686. The van der Waals surface area contributed by atoms with Gasteiger partial charge in [0.25, 0.3) is 0 Å². The van der Waals surface area contributed by atoms with Gasteiger partial charge in [-0.3, -0.25) is 0 Å². The average molecular weight is 310 g/mol. The molecular formula is C13H15FN4O2S. The van der Waals surface area contributed by atoms with Gasteiger partial charge < -0.3 is 5.73 Å². The largest absolute Gasteiger partial charge is 0.399 e. The van der Waals surface area contributed by atoms with Gasteiger partial charge in [-0.25, -0.2) is 12.8 Å². The van der Waals surface area contributed by atoms with Gasteiger partial charge in [0.15, 0.2) is 0 Å². The van der Waals surface area contributed by atoms with Gasteiger partial charge in [0.1, 0.15) is 5.82 Å². The fraction of sp³-hybridized carbons (Fsp3) is 0.385. The summed E-state index contributed by atoms with van der Waals surface area (Å²) >= 11 is 0. The highest BCUT2D eigenvalue weighted by molar-refractivity contribution is 7.89. The maximum Gasteiger partial charge on any atom is 0.243 e. The van der Waals surface area contributed by atoms with Crippen molar-refractivity contribution in [2.45, 2.75) is 24.7 Å². The van der Waals surface area contributed by atoms with Crippen molar-refractivity contribution >= 4 is 15.7 Å². The summed E-state index contributed by atoms with van der Waals surface area (Å²) in [4.78, 5) is -0.240. The van der Waals surface area contributed by atoms with Gasteiger partial charge in [0.05, 0.1) is 17.0 Å². The van der Waals surface area contributed by atoms with Gasteiger partial charge in [-0.2, -0.15) is 14.8 Å². The number of nitrogen functional groups attached to an aromatic ring is 1. The number of hydrogen-bond acceptors (Lipinski definition) is 5. The lowest BCUT2D eigenvalue weighted by Crippen LogP contribution is -2.33. The highest BCUT2D eigenvalue weighted by Gasteiger charge is 2.27. The SMILES string of the molecule is Cc1c(F)cc(N)cc1S(=O)(=O)N(CCC#N)CCC#N. The third kappa shape index (κ3) is 3.91. The summed E-state index contributed by atoms with van der Waals surface area (Å²) in [5.74, 6) is -0.714. The van der Waals surface area contributed by atoms with E-state index in [-0.39, 0.29) is 42.1 Å². The Morgan fingerprint density at radius 3 is 2.24 bits per heavy atom. The van der Waals surface area contributed by atoms with E-state index in [1.54, 1.807) is 0 Å². The van der Waals surface area contributed by atoms with Gasteiger partial charge in [0, 0.05) is 37.2 Å². The van der Waals surface area contributed by atoms with Crippen molar-refractivity contribution in [1.29, 1.82) is 10.5 Å². The van der Waals surface area contributed by atoms with E-state index in [1.807, 2.05) is 12.1 Å². The molecule has 8 heteroatoms. The first-order chi connectivity index (χ1) is 9.84. The molecule has 0 amide bonds. The molecule has 0 fully saturated rings. The number of benzene rings is 1. The summed E-state index contributed by atoms with van der Waals surface area (Å²) < 4.78 is 39.8. The van der Waals surface area contributed by atoms with Crippen LogP contribution in [0.15, 0.2) is 17.0 Å². The molecule has 0 atom stereocenters. The molecule has 1 rings (SSSR count). The first-order valence-electron chi connectivity index (χ1n) is 6.14. The van der Waals surface area contributed by atoms with Crippen molar-refractivity contribution in [2.24, 2.45) is 0 Å². The van der Waals surface area contributed by atoms with Gasteiger partial charge >= 0.3 is 0 Å². The lowest BCUT2D eigenvalue weighted by atomic mass is 10.2. The molecule has 0 aliphatic heterocycles. The van der Waals surface area contributed by atoms with Crippen LogP contribution in [-0.4, -0.2) is 25.8 Å². The summed E-state index contributed by atoms with van der Waals surface area (Å²) in [5.41, 5.74) is 5.46. The molecule has 0 spiro atoms. The van der Waals surface area contributed by atoms with E-state index in [0.717, 1.165) is 10.4 Å². The first-order valence-corrected chi connectivity index (χ1v) is 7.58. The lowest BCUT2D eigenvalue weighted by molar-refractivity contribution is 0.424.